The summed E-state index contributed by atoms with van der Waals surface area (Å²) in [5.74, 6) is -1.51. The van der Waals surface area contributed by atoms with Crippen LogP contribution in [0.5, 0.6) is 0 Å². The number of imide groups is 1. The summed E-state index contributed by atoms with van der Waals surface area (Å²) >= 11 is 0. The monoisotopic (exact) mass is 380 g/mol. The van der Waals surface area contributed by atoms with Gasteiger partial charge in [0.2, 0.25) is 12.3 Å². The molecule has 1 N–H and O–H groups in total. The van der Waals surface area contributed by atoms with Crippen LogP contribution in [0.4, 0.5) is 0 Å². The van der Waals surface area contributed by atoms with Crippen molar-refractivity contribution in [2.75, 3.05) is 0 Å². The molecule has 2 aromatic rings. The highest BCUT2D eigenvalue weighted by atomic mass is 16.7. The van der Waals surface area contributed by atoms with Crippen LogP contribution >= 0.6 is 0 Å². The molecule has 0 aliphatic carbocycles. The zero-order chi connectivity index (χ0) is 19.8. The van der Waals surface area contributed by atoms with E-state index >= 15 is 0 Å². The van der Waals surface area contributed by atoms with Gasteiger partial charge in [0, 0.05) is 0 Å². The van der Waals surface area contributed by atoms with Gasteiger partial charge >= 0.3 is 0 Å². The van der Waals surface area contributed by atoms with Crippen molar-refractivity contribution in [1.29, 1.82) is 0 Å². The number of nitrogens with zero attached hydrogens (tertiary/aromatic N) is 1. The van der Waals surface area contributed by atoms with E-state index in [1.54, 1.807) is 36.4 Å². The average Bonchev–Trinajstić information content (AvgIpc) is 2.93. The van der Waals surface area contributed by atoms with Crippen LogP contribution in [0, 0.1) is 0 Å². The van der Waals surface area contributed by atoms with E-state index in [0.29, 0.717) is 5.56 Å². The Hall–Kier alpha value is -3.03. The van der Waals surface area contributed by atoms with Crippen LogP contribution in [0.25, 0.3) is 0 Å². The molecule has 2 aliphatic rings. The number of rotatable bonds is 4. The Morgan fingerprint density at radius 2 is 1.50 bits per heavy atom. The molecule has 0 aromatic heterocycles. The molecule has 0 bridgehead atoms. The fourth-order valence-electron chi connectivity index (χ4n) is 3.51. The zero-order valence-corrected chi connectivity index (χ0v) is 15.5. The Morgan fingerprint density at radius 3 is 2.07 bits per heavy atom. The third-order valence-corrected chi connectivity index (χ3v) is 4.71. The van der Waals surface area contributed by atoms with Gasteiger partial charge in [-0.15, -0.1) is 0 Å². The molecule has 1 saturated heterocycles. The van der Waals surface area contributed by atoms with E-state index in [1.807, 2.05) is 32.0 Å². The molecule has 0 spiro atoms. The summed E-state index contributed by atoms with van der Waals surface area (Å²) in [6, 6.07) is 14.4. The van der Waals surface area contributed by atoms with Crippen molar-refractivity contribution >= 4 is 17.7 Å². The molecule has 3 amide bonds. The Balaban J connectivity index is 1.73. The zero-order valence-electron chi connectivity index (χ0n) is 15.5. The van der Waals surface area contributed by atoms with Crippen LogP contribution in [-0.4, -0.2) is 41.2 Å². The number of hydrogen-bond donors (Lipinski definition) is 1. The quantitative estimate of drug-likeness (QED) is 0.823. The predicted octanol–water partition coefficient (Wildman–Crippen LogP) is 2.25. The number of benzene rings is 2. The molecular formula is C21H20N2O5. The minimum absolute atomic E-state index is 0.183. The summed E-state index contributed by atoms with van der Waals surface area (Å²) in [5, 5.41) is 2.61. The second-order valence-electron chi connectivity index (χ2n) is 6.96. The lowest BCUT2D eigenvalue weighted by Crippen LogP contribution is -2.61. The standard InChI is InChI=1S/C21H20N2O5/c1-12(2)27-21-22-18(24)16(17(28-21)13-8-4-3-5-9-13)23-19(25)14-10-6-7-11-15(14)20(23)26/h3-12,16-17,21H,1-2H3,(H,22,24)/t16-,17+,21+/m0/s1. The van der Waals surface area contributed by atoms with Crippen LogP contribution in [0.1, 0.15) is 46.2 Å². The van der Waals surface area contributed by atoms with Gasteiger partial charge in [0.25, 0.3) is 11.8 Å². The van der Waals surface area contributed by atoms with Crippen molar-refractivity contribution < 1.29 is 23.9 Å². The molecular weight excluding hydrogens is 360 g/mol. The second-order valence-corrected chi connectivity index (χ2v) is 6.96. The van der Waals surface area contributed by atoms with Crippen molar-refractivity contribution in [2.24, 2.45) is 0 Å². The molecule has 0 saturated carbocycles. The smallest absolute Gasteiger partial charge is 0.262 e. The first-order chi connectivity index (χ1) is 13.5. The maximum absolute atomic E-state index is 13.0. The Labute approximate surface area is 162 Å². The lowest BCUT2D eigenvalue weighted by atomic mass is 9.98. The van der Waals surface area contributed by atoms with E-state index < -0.39 is 36.3 Å². The molecule has 7 nitrogen and oxygen atoms in total. The van der Waals surface area contributed by atoms with Gasteiger partial charge in [0.1, 0.15) is 12.1 Å². The van der Waals surface area contributed by atoms with Crippen molar-refractivity contribution in [3.63, 3.8) is 0 Å². The fraction of sp³-hybridized carbons (Fsp3) is 0.286. The molecule has 7 heteroatoms. The maximum Gasteiger partial charge on any atom is 0.262 e. The first-order valence-corrected chi connectivity index (χ1v) is 9.10. The number of ether oxygens (including phenoxy) is 2. The van der Waals surface area contributed by atoms with E-state index in [4.69, 9.17) is 9.47 Å². The van der Waals surface area contributed by atoms with Gasteiger partial charge in [0.05, 0.1) is 17.2 Å². The summed E-state index contributed by atoms with van der Waals surface area (Å²) < 4.78 is 11.6. The second kappa shape index (κ2) is 7.18. The Morgan fingerprint density at radius 1 is 0.929 bits per heavy atom. The molecule has 0 unspecified atom stereocenters. The molecule has 2 aliphatic heterocycles. The van der Waals surface area contributed by atoms with Gasteiger partial charge in [-0.25, -0.2) is 0 Å². The van der Waals surface area contributed by atoms with Crippen LogP contribution in [0.2, 0.25) is 0 Å². The molecule has 3 atom stereocenters. The highest BCUT2D eigenvalue weighted by Crippen LogP contribution is 2.35. The fourth-order valence-corrected chi connectivity index (χ4v) is 3.51. The number of amides is 3. The van der Waals surface area contributed by atoms with E-state index in [9.17, 15) is 14.4 Å². The SMILES string of the molecule is CC(C)O[C@H]1NC(=O)[C@@H](N2C(=O)c3ccccc3C2=O)[C@@H](c2ccccc2)O1. The summed E-state index contributed by atoms with van der Waals surface area (Å²) in [4.78, 5) is 39.8. The van der Waals surface area contributed by atoms with Crippen LogP contribution in [-0.2, 0) is 14.3 Å². The highest BCUT2D eigenvalue weighted by molar-refractivity contribution is 6.23. The van der Waals surface area contributed by atoms with Crippen LogP contribution in [0.3, 0.4) is 0 Å². The first-order valence-electron chi connectivity index (χ1n) is 9.10. The summed E-state index contributed by atoms with van der Waals surface area (Å²) in [6.07, 6.45) is -2.00. The van der Waals surface area contributed by atoms with E-state index in [1.165, 1.54) is 0 Å². The number of fused-ring (bicyclic) bond motifs is 1. The average molecular weight is 380 g/mol. The van der Waals surface area contributed by atoms with E-state index in [2.05, 4.69) is 5.32 Å². The summed E-state index contributed by atoms with van der Waals surface area (Å²) in [7, 11) is 0. The number of nitrogens with one attached hydrogen (secondary N) is 1. The van der Waals surface area contributed by atoms with Crippen molar-refractivity contribution in [3.05, 3.63) is 71.3 Å². The number of hydrogen-bond acceptors (Lipinski definition) is 5. The molecule has 144 valence electrons. The van der Waals surface area contributed by atoms with Crippen molar-refractivity contribution in [1.82, 2.24) is 10.2 Å². The molecule has 28 heavy (non-hydrogen) atoms. The molecule has 0 radical (unpaired) electrons. The van der Waals surface area contributed by atoms with Gasteiger partial charge in [-0.05, 0) is 31.5 Å². The predicted molar refractivity (Wildman–Crippen MR) is 99.1 cm³/mol. The molecule has 1 fully saturated rings. The van der Waals surface area contributed by atoms with Crippen molar-refractivity contribution in [2.45, 2.75) is 38.5 Å². The van der Waals surface area contributed by atoms with Crippen molar-refractivity contribution in [3.8, 4) is 0 Å². The third kappa shape index (κ3) is 3.08. The molecule has 2 aromatic carbocycles. The van der Waals surface area contributed by atoms with Gasteiger partial charge in [-0.1, -0.05) is 42.5 Å². The van der Waals surface area contributed by atoms with Gasteiger partial charge in [-0.2, -0.15) is 0 Å². The van der Waals surface area contributed by atoms with E-state index in [0.717, 1.165) is 4.90 Å². The normalized spacial score (nSPS) is 24.5. The number of carbonyl (C=O) groups excluding carboxylic acids is 3. The third-order valence-electron chi connectivity index (χ3n) is 4.71. The first kappa shape index (κ1) is 18.3. The van der Waals surface area contributed by atoms with Crippen LogP contribution in [0.15, 0.2) is 54.6 Å². The minimum atomic E-state index is -1.14. The summed E-state index contributed by atoms with van der Waals surface area (Å²) in [6.45, 7) is 3.65. The lowest BCUT2D eigenvalue weighted by molar-refractivity contribution is -0.232. The lowest BCUT2D eigenvalue weighted by Gasteiger charge is -2.39. The van der Waals surface area contributed by atoms with E-state index in [-0.39, 0.29) is 17.2 Å². The largest absolute Gasteiger partial charge is 0.333 e. The molecule has 2 heterocycles. The minimum Gasteiger partial charge on any atom is -0.333 e. The highest BCUT2D eigenvalue weighted by Gasteiger charge is 2.50. The van der Waals surface area contributed by atoms with Gasteiger partial charge in [-0.3, -0.25) is 19.3 Å². The Bertz CT molecular complexity index is 892. The summed E-state index contributed by atoms with van der Waals surface area (Å²) in [5.41, 5.74) is 1.25. The maximum atomic E-state index is 13.0. The Kier molecular flexibility index (Phi) is 4.70. The topological polar surface area (TPSA) is 84.9 Å². The van der Waals surface area contributed by atoms with Gasteiger partial charge < -0.3 is 14.8 Å². The van der Waals surface area contributed by atoms with Gasteiger partial charge in [0.15, 0.2) is 0 Å². The van der Waals surface area contributed by atoms with Crippen LogP contribution < -0.4 is 5.32 Å². The molecule has 4 rings (SSSR count). The number of carbonyl (C=O) groups is 3.